The molecule has 2 rings (SSSR count). The summed E-state index contributed by atoms with van der Waals surface area (Å²) in [5, 5.41) is 0.439. The summed E-state index contributed by atoms with van der Waals surface area (Å²) in [7, 11) is 0. The molecule has 0 aliphatic carbocycles. The molecule has 100 valence electrons. The van der Waals surface area contributed by atoms with Crippen LogP contribution < -0.4 is 11.3 Å². The third-order valence-electron chi connectivity index (χ3n) is 2.73. The molecule has 0 aromatic heterocycles. The molecule has 0 radical (unpaired) electrons. The number of hydrogen-bond acceptors (Lipinski definition) is 2. The highest BCUT2D eigenvalue weighted by molar-refractivity contribution is 9.10. The van der Waals surface area contributed by atoms with Crippen LogP contribution in [0.3, 0.4) is 0 Å². The van der Waals surface area contributed by atoms with Crippen LogP contribution in [0.4, 0.5) is 8.78 Å². The SMILES string of the molecule is NNC(c1ccc(Br)c(Cl)c1)c1c(F)cccc1F. The summed E-state index contributed by atoms with van der Waals surface area (Å²) in [6.45, 7) is 0. The van der Waals surface area contributed by atoms with Crippen LogP contribution >= 0.6 is 27.5 Å². The number of benzene rings is 2. The van der Waals surface area contributed by atoms with Crippen molar-refractivity contribution in [3.8, 4) is 0 Å². The Kier molecular flexibility index (Phi) is 4.52. The van der Waals surface area contributed by atoms with Crippen molar-refractivity contribution in [3.63, 3.8) is 0 Å². The Bertz CT molecular complexity index is 587. The zero-order valence-corrected chi connectivity index (χ0v) is 12.0. The summed E-state index contributed by atoms with van der Waals surface area (Å²) in [6.07, 6.45) is 0. The minimum Gasteiger partial charge on any atom is -0.271 e. The van der Waals surface area contributed by atoms with Gasteiger partial charge in [0.05, 0.1) is 11.1 Å². The second-order valence-electron chi connectivity index (χ2n) is 3.91. The second kappa shape index (κ2) is 5.96. The lowest BCUT2D eigenvalue weighted by Crippen LogP contribution is -2.30. The van der Waals surface area contributed by atoms with Crippen molar-refractivity contribution in [3.05, 3.63) is 68.7 Å². The van der Waals surface area contributed by atoms with E-state index in [4.69, 9.17) is 17.4 Å². The van der Waals surface area contributed by atoms with Crippen LogP contribution in [0.1, 0.15) is 17.2 Å². The Morgan fingerprint density at radius 3 is 2.32 bits per heavy atom. The van der Waals surface area contributed by atoms with E-state index >= 15 is 0 Å². The molecule has 3 N–H and O–H groups in total. The van der Waals surface area contributed by atoms with Gasteiger partial charge in [0.15, 0.2) is 0 Å². The number of hydrogen-bond donors (Lipinski definition) is 2. The van der Waals surface area contributed by atoms with Crippen LogP contribution in [-0.4, -0.2) is 0 Å². The van der Waals surface area contributed by atoms with E-state index in [1.54, 1.807) is 18.2 Å². The lowest BCUT2D eigenvalue weighted by Gasteiger charge is -2.18. The molecule has 2 aromatic carbocycles. The van der Waals surface area contributed by atoms with Crippen LogP contribution in [0.2, 0.25) is 5.02 Å². The third kappa shape index (κ3) is 2.95. The minimum absolute atomic E-state index is 0.136. The maximum Gasteiger partial charge on any atom is 0.131 e. The average molecular weight is 348 g/mol. The zero-order valence-electron chi connectivity index (χ0n) is 9.63. The number of halogens is 4. The van der Waals surface area contributed by atoms with Gasteiger partial charge in [-0.05, 0) is 45.8 Å². The van der Waals surface area contributed by atoms with Crippen LogP contribution in [0.15, 0.2) is 40.9 Å². The van der Waals surface area contributed by atoms with Gasteiger partial charge in [0.1, 0.15) is 11.6 Å². The van der Waals surface area contributed by atoms with E-state index in [9.17, 15) is 8.78 Å². The maximum absolute atomic E-state index is 13.8. The molecule has 19 heavy (non-hydrogen) atoms. The average Bonchev–Trinajstić information content (AvgIpc) is 2.37. The van der Waals surface area contributed by atoms with Gasteiger partial charge < -0.3 is 0 Å². The van der Waals surface area contributed by atoms with Crippen LogP contribution in [0.5, 0.6) is 0 Å². The lowest BCUT2D eigenvalue weighted by atomic mass is 9.98. The number of nitrogens with one attached hydrogen (secondary N) is 1. The predicted molar refractivity (Wildman–Crippen MR) is 74.7 cm³/mol. The minimum atomic E-state index is -0.813. The zero-order chi connectivity index (χ0) is 14.0. The Morgan fingerprint density at radius 1 is 1.16 bits per heavy atom. The largest absolute Gasteiger partial charge is 0.271 e. The molecule has 0 amide bonds. The Balaban J connectivity index is 2.53. The molecule has 0 bridgehead atoms. The van der Waals surface area contributed by atoms with E-state index in [2.05, 4.69) is 21.4 Å². The molecule has 2 aromatic rings. The summed E-state index contributed by atoms with van der Waals surface area (Å²) in [6, 6.07) is 7.84. The summed E-state index contributed by atoms with van der Waals surface area (Å²) in [5.41, 5.74) is 2.84. The van der Waals surface area contributed by atoms with Crippen molar-refractivity contribution in [1.82, 2.24) is 5.43 Å². The van der Waals surface area contributed by atoms with Gasteiger partial charge in [-0.3, -0.25) is 5.84 Å². The molecule has 2 nitrogen and oxygen atoms in total. The molecule has 0 saturated carbocycles. The van der Waals surface area contributed by atoms with E-state index in [-0.39, 0.29) is 5.56 Å². The summed E-state index contributed by atoms with van der Waals surface area (Å²) >= 11 is 9.23. The highest BCUT2D eigenvalue weighted by Gasteiger charge is 2.21. The fraction of sp³-hybridized carbons (Fsp3) is 0.0769. The Hall–Kier alpha value is -1.01. The predicted octanol–water partition coefficient (Wildman–Crippen LogP) is 3.93. The highest BCUT2D eigenvalue weighted by atomic mass is 79.9. The van der Waals surface area contributed by atoms with E-state index < -0.39 is 17.7 Å². The first kappa shape index (κ1) is 14.4. The second-order valence-corrected chi connectivity index (χ2v) is 5.17. The van der Waals surface area contributed by atoms with E-state index in [1.807, 2.05) is 0 Å². The number of nitrogens with two attached hydrogens (primary N) is 1. The van der Waals surface area contributed by atoms with Crippen molar-refractivity contribution in [2.75, 3.05) is 0 Å². The van der Waals surface area contributed by atoms with Crippen LogP contribution in [0, 0.1) is 11.6 Å². The first-order valence-corrected chi connectivity index (χ1v) is 6.56. The molecule has 0 heterocycles. The molecule has 0 aliphatic rings. The quantitative estimate of drug-likeness (QED) is 0.652. The van der Waals surface area contributed by atoms with Gasteiger partial charge in [-0.15, -0.1) is 0 Å². The monoisotopic (exact) mass is 346 g/mol. The van der Waals surface area contributed by atoms with Gasteiger partial charge in [0.2, 0.25) is 0 Å². The normalized spacial score (nSPS) is 12.5. The fourth-order valence-electron chi connectivity index (χ4n) is 1.82. The first-order valence-electron chi connectivity index (χ1n) is 5.39. The maximum atomic E-state index is 13.8. The summed E-state index contributed by atoms with van der Waals surface area (Å²) in [5.74, 6) is 4.09. The topological polar surface area (TPSA) is 38.0 Å². The lowest BCUT2D eigenvalue weighted by molar-refractivity contribution is 0.510. The van der Waals surface area contributed by atoms with Crippen LogP contribution in [0.25, 0.3) is 0 Å². The van der Waals surface area contributed by atoms with Gasteiger partial charge in [0, 0.05) is 10.0 Å². The molecule has 0 aliphatic heterocycles. The van der Waals surface area contributed by atoms with Crippen molar-refractivity contribution in [2.45, 2.75) is 6.04 Å². The summed E-state index contributed by atoms with van der Waals surface area (Å²) < 4.78 is 28.2. The Morgan fingerprint density at radius 2 is 1.79 bits per heavy atom. The standard InChI is InChI=1S/C13H10BrClF2N2/c14-8-5-4-7(6-9(8)15)13(19-18)12-10(16)2-1-3-11(12)17/h1-6,13,19H,18H2. The van der Waals surface area contributed by atoms with Gasteiger partial charge in [-0.2, -0.15) is 0 Å². The molecule has 1 unspecified atom stereocenters. The molecule has 0 spiro atoms. The number of hydrazine groups is 1. The Labute approximate surface area is 122 Å². The van der Waals surface area contributed by atoms with Gasteiger partial charge in [-0.1, -0.05) is 23.7 Å². The van der Waals surface area contributed by atoms with E-state index in [0.29, 0.717) is 15.1 Å². The van der Waals surface area contributed by atoms with Crippen molar-refractivity contribution in [1.29, 1.82) is 0 Å². The smallest absolute Gasteiger partial charge is 0.131 e. The molecule has 0 saturated heterocycles. The van der Waals surface area contributed by atoms with Crippen molar-refractivity contribution < 1.29 is 8.78 Å². The van der Waals surface area contributed by atoms with Gasteiger partial charge in [-0.25, -0.2) is 14.2 Å². The molecule has 6 heteroatoms. The van der Waals surface area contributed by atoms with Gasteiger partial charge in [0.25, 0.3) is 0 Å². The number of rotatable bonds is 3. The third-order valence-corrected chi connectivity index (χ3v) is 3.96. The van der Waals surface area contributed by atoms with E-state index in [1.165, 1.54) is 18.2 Å². The highest BCUT2D eigenvalue weighted by Crippen LogP contribution is 2.30. The van der Waals surface area contributed by atoms with Crippen molar-refractivity contribution in [2.24, 2.45) is 5.84 Å². The van der Waals surface area contributed by atoms with Crippen molar-refractivity contribution >= 4 is 27.5 Å². The molecule has 1 atom stereocenters. The van der Waals surface area contributed by atoms with Gasteiger partial charge >= 0.3 is 0 Å². The van der Waals surface area contributed by atoms with Crippen LogP contribution in [-0.2, 0) is 0 Å². The molecular weight excluding hydrogens is 338 g/mol. The molecular formula is C13H10BrClF2N2. The first-order chi connectivity index (χ1) is 9.04. The molecule has 0 fully saturated rings. The van der Waals surface area contributed by atoms with E-state index in [0.717, 1.165) is 0 Å². The summed E-state index contributed by atoms with van der Waals surface area (Å²) in [4.78, 5) is 0. The fourth-order valence-corrected chi connectivity index (χ4v) is 2.26.